The molecular weight excluding hydrogens is 378 g/mol. The van der Waals surface area contributed by atoms with Crippen LogP contribution in [0.1, 0.15) is 35.1 Å². The van der Waals surface area contributed by atoms with E-state index in [-0.39, 0.29) is 23.7 Å². The van der Waals surface area contributed by atoms with Crippen molar-refractivity contribution in [3.8, 4) is 11.6 Å². The van der Waals surface area contributed by atoms with E-state index in [1.807, 2.05) is 24.3 Å². The third-order valence-electron chi connectivity index (χ3n) is 5.46. The number of hydrogen-bond donors (Lipinski definition) is 3. The molecule has 1 aliphatic rings. The summed E-state index contributed by atoms with van der Waals surface area (Å²) in [6, 6.07) is 7.71. The van der Waals surface area contributed by atoms with E-state index in [2.05, 4.69) is 10.1 Å². The molecule has 1 aliphatic heterocycles. The minimum atomic E-state index is -0.231. The van der Waals surface area contributed by atoms with E-state index in [0.717, 1.165) is 42.1 Å². The van der Waals surface area contributed by atoms with Crippen molar-refractivity contribution in [3.05, 3.63) is 40.5 Å². The van der Waals surface area contributed by atoms with E-state index in [1.165, 1.54) is 20.8 Å². The van der Waals surface area contributed by atoms with Crippen molar-refractivity contribution in [1.82, 2.24) is 14.6 Å². The minimum Gasteiger partial charge on any atom is -0.496 e. The molecule has 0 saturated carbocycles. The lowest BCUT2D eigenvalue weighted by Crippen LogP contribution is -3.13. The van der Waals surface area contributed by atoms with Gasteiger partial charge in [0.15, 0.2) is 6.04 Å². The standard InChI is InChI=1S/C19H23N5O3S/c1-11-21-19-24(22-11)18(26)16(28-19)15(13-5-3-4-6-14(13)27-2)23-9-7-12(8-10-23)17(20)25/h3-6,12,15,26H,7-10H2,1-2H3,(H2,20,25)/p+1/t15-/m0/s1. The molecule has 148 valence electrons. The quantitative estimate of drug-likeness (QED) is 0.582. The van der Waals surface area contributed by atoms with Gasteiger partial charge < -0.3 is 20.5 Å². The van der Waals surface area contributed by atoms with Crippen LogP contribution in [-0.4, -0.2) is 45.8 Å². The number of amides is 1. The maximum atomic E-state index is 11.6. The molecule has 1 fully saturated rings. The fraction of sp³-hybridized carbons (Fsp3) is 0.421. The molecule has 2 aromatic heterocycles. The van der Waals surface area contributed by atoms with E-state index in [1.54, 1.807) is 14.0 Å². The second kappa shape index (κ2) is 7.40. The number of aromatic hydroxyl groups is 1. The maximum absolute atomic E-state index is 11.6. The first-order valence-corrected chi connectivity index (χ1v) is 10.1. The lowest BCUT2D eigenvalue weighted by molar-refractivity contribution is -0.930. The number of likely N-dealkylation sites (tertiary alicyclic amines) is 1. The Kier molecular flexibility index (Phi) is 4.94. The van der Waals surface area contributed by atoms with Crippen LogP contribution in [0.15, 0.2) is 24.3 Å². The lowest BCUT2D eigenvalue weighted by atomic mass is 9.93. The lowest BCUT2D eigenvalue weighted by Gasteiger charge is -2.34. The first kappa shape index (κ1) is 18.7. The van der Waals surface area contributed by atoms with Gasteiger partial charge in [0.05, 0.1) is 25.8 Å². The van der Waals surface area contributed by atoms with Crippen LogP contribution in [0.3, 0.4) is 0 Å². The summed E-state index contributed by atoms with van der Waals surface area (Å²) in [5.74, 6) is 1.19. The van der Waals surface area contributed by atoms with E-state index < -0.39 is 0 Å². The summed E-state index contributed by atoms with van der Waals surface area (Å²) >= 11 is 1.44. The Morgan fingerprint density at radius 2 is 2.11 bits per heavy atom. The van der Waals surface area contributed by atoms with E-state index in [4.69, 9.17) is 10.5 Å². The molecule has 28 heavy (non-hydrogen) atoms. The molecular formula is C19H24N5O3S+. The zero-order chi connectivity index (χ0) is 19.8. The highest BCUT2D eigenvalue weighted by atomic mass is 32.1. The number of carbonyl (C=O) groups excluding carboxylic acids is 1. The van der Waals surface area contributed by atoms with Crippen molar-refractivity contribution >= 4 is 22.2 Å². The fourth-order valence-electron chi connectivity index (χ4n) is 4.05. The number of benzene rings is 1. The molecule has 1 atom stereocenters. The average Bonchev–Trinajstić information content (AvgIpc) is 3.20. The number of para-hydroxylation sites is 1. The first-order valence-electron chi connectivity index (χ1n) is 9.31. The van der Waals surface area contributed by atoms with Crippen LogP contribution in [0.5, 0.6) is 11.6 Å². The maximum Gasteiger partial charge on any atom is 0.235 e. The number of piperidine rings is 1. The molecule has 0 spiro atoms. The van der Waals surface area contributed by atoms with Crippen LogP contribution in [0.25, 0.3) is 4.96 Å². The summed E-state index contributed by atoms with van der Waals surface area (Å²) in [7, 11) is 1.65. The van der Waals surface area contributed by atoms with Crippen molar-refractivity contribution < 1.29 is 19.5 Å². The van der Waals surface area contributed by atoms with Crippen molar-refractivity contribution in [3.63, 3.8) is 0 Å². The third kappa shape index (κ3) is 3.20. The molecule has 4 rings (SSSR count). The number of nitrogens with zero attached hydrogens (tertiary/aromatic N) is 3. The van der Waals surface area contributed by atoms with Gasteiger partial charge in [-0.05, 0) is 19.1 Å². The number of rotatable bonds is 5. The second-order valence-electron chi connectivity index (χ2n) is 7.15. The van der Waals surface area contributed by atoms with Crippen LogP contribution in [0.2, 0.25) is 0 Å². The van der Waals surface area contributed by atoms with Crippen molar-refractivity contribution in [1.29, 1.82) is 0 Å². The molecule has 4 N–H and O–H groups in total. The first-order chi connectivity index (χ1) is 13.5. The number of primary amides is 1. The number of nitrogens with two attached hydrogens (primary N) is 1. The average molecular weight is 403 g/mol. The Hall–Kier alpha value is -2.65. The molecule has 3 heterocycles. The van der Waals surface area contributed by atoms with Gasteiger partial charge in [-0.3, -0.25) is 4.79 Å². The van der Waals surface area contributed by atoms with Crippen LogP contribution < -0.4 is 15.4 Å². The number of ether oxygens (including phenoxy) is 1. The van der Waals surface area contributed by atoms with Crippen LogP contribution in [0, 0.1) is 12.8 Å². The Bertz CT molecular complexity index is 1010. The number of hydrogen-bond acceptors (Lipinski definition) is 6. The van der Waals surface area contributed by atoms with Gasteiger partial charge in [-0.2, -0.15) is 4.52 Å². The summed E-state index contributed by atoms with van der Waals surface area (Å²) in [4.78, 5) is 18.7. The molecule has 9 heteroatoms. The third-order valence-corrected chi connectivity index (χ3v) is 6.54. The fourth-order valence-corrected chi connectivity index (χ4v) is 5.23. The number of aryl methyl sites for hydroxylation is 1. The Labute approximate surface area is 166 Å². The molecule has 1 aromatic carbocycles. The van der Waals surface area contributed by atoms with Crippen molar-refractivity contribution in [2.24, 2.45) is 11.7 Å². The Balaban J connectivity index is 1.78. The highest BCUT2D eigenvalue weighted by Crippen LogP contribution is 2.38. The zero-order valence-corrected chi connectivity index (χ0v) is 16.7. The van der Waals surface area contributed by atoms with Gasteiger partial charge >= 0.3 is 0 Å². The largest absolute Gasteiger partial charge is 0.496 e. The van der Waals surface area contributed by atoms with Gasteiger partial charge in [-0.25, -0.2) is 4.98 Å². The summed E-state index contributed by atoms with van der Waals surface area (Å²) in [6.07, 6.45) is 1.47. The van der Waals surface area contributed by atoms with Gasteiger partial charge in [0, 0.05) is 18.8 Å². The van der Waals surface area contributed by atoms with Gasteiger partial charge in [-0.15, -0.1) is 5.10 Å². The SMILES string of the molecule is COc1ccccc1[C@@H](c1sc2nc(C)nn2c1O)[NH+]1CCC(C(N)=O)CC1. The van der Waals surface area contributed by atoms with Crippen molar-refractivity contribution in [2.75, 3.05) is 20.2 Å². The van der Waals surface area contributed by atoms with Gasteiger partial charge in [0.2, 0.25) is 16.7 Å². The molecule has 0 radical (unpaired) electrons. The zero-order valence-electron chi connectivity index (χ0n) is 15.9. The van der Waals surface area contributed by atoms with Gasteiger partial charge in [0.25, 0.3) is 0 Å². The molecule has 8 nitrogen and oxygen atoms in total. The smallest absolute Gasteiger partial charge is 0.235 e. The molecule has 3 aromatic rings. The minimum absolute atomic E-state index is 0.0827. The Morgan fingerprint density at radius 3 is 2.75 bits per heavy atom. The topological polar surface area (TPSA) is 107 Å². The predicted octanol–water partition coefficient (Wildman–Crippen LogP) is 0.683. The van der Waals surface area contributed by atoms with Crippen LogP contribution >= 0.6 is 11.3 Å². The molecule has 1 saturated heterocycles. The number of quaternary nitrogens is 1. The van der Waals surface area contributed by atoms with Crippen LogP contribution in [-0.2, 0) is 4.79 Å². The summed E-state index contributed by atoms with van der Waals surface area (Å²) in [6.45, 7) is 3.36. The normalized spacial score (nSPS) is 20.9. The monoisotopic (exact) mass is 402 g/mol. The number of nitrogens with one attached hydrogen (secondary N) is 1. The number of methoxy groups -OCH3 is 1. The van der Waals surface area contributed by atoms with Gasteiger partial charge in [0.1, 0.15) is 16.5 Å². The number of fused-ring (bicyclic) bond motifs is 1. The molecule has 0 unspecified atom stereocenters. The summed E-state index contributed by atoms with van der Waals surface area (Å²) < 4.78 is 7.10. The predicted molar refractivity (Wildman–Crippen MR) is 105 cm³/mol. The number of carbonyl (C=O) groups is 1. The molecule has 0 bridgehead atoms. The van der Waals surface area contributed by atoms with Gasteiger partial charge in [-0.1, -0.05) is 23.5 Å². The molecule has 0 aliphatic carbocycles. The summed E-state index contributed by atoms with van der Waals surface area (Å²) in [5.41, 5.74) is 6.50. The van der Waals surface area contributed by atoms with Crippen LogP contribution in [0.4, 0.5) is 0 Å². The van der Waals surface area contributed by atoms with E-state index >= 15 is 0 Å². The number of thiazole rings is 1. The highest BCUT2D eigenvalue weighted by molar-refractivity contribution is 7.17. The molecule has 1 amide bonds. The summed E-state index contributed by atoms with van der Waals surface area (Å²) in [5, 5.41) is 15.2. The number of aromatic nitrogens is 3. The van der Waals surface area contributed by atoms with E-state index in [9.17, 15) is 9.90 Å². The Morgan fingerprint density at radius 1 is 1.39 bits per heavy atom. The van der Waals surface area contributed by atoms with Crippen molar-refractivity contribution in [2.45, 2.75) is 25.8 Å². The highest BCUT2D eigenvalue weighted by Gasteiger charge is 2.37. The van der Waals surface area contributed by atoms with E-state index in [0.29, 0.717) is 10.8 Å². The second-order valence-corrected chi connectivity index (χ2v) is 8.16.